The molecule has 0 fully saturated rings. The van der Waals surface area contributed by atoms with Gasteiger partial charge in [-0.25, -0.2) is 0 Å². The molecule has 0 saturated heterocycles. The lowest BCUT2D eigenvalue weighted by Crippen LogP contribution is -2.36. The predicted molar refractivity (Wildman–Crippen MR) is 127 cm³/mol. The maximum absolute atomic E-state index is 12.2. The van der Waals surface area contributed by atoms with Gasteiger partial charge in [0.2, 0.25) is 0 Å². The lowest BCUT2D eigenvalue weighted by atomic mass is 9.87. The number of phenols is 1. The highest BCUT2D eigenvalue weighted by Crippen LogP contribution is 2.39. The zero-order valence-corrected chi connectivity index (χ0v) is 19.9. The highest BCUT2D eigenvalue weighted by Gasteiger charge is 2.32. The van der Waals surface area contributed by atoms with Crippen LogP contribution >= 0.6 is 0 Å². The van der Waals surface area contributed by atoms with Gasteiger partial charge in [0, 0.05) is 0 Å². The maximum Gasteiger partial charge on any atom is 0.190 e. The summed E-state index contributed by atoms with van der Waals surface area (Å²) >= 11 is 0. The van der Waals surface area contributed by atoms with Gasteiger partial charge >= 0.3 is 0 Å². The van der Waals surface area contributed by atoms with Gasteiger partial charge in [0.25, 0.3) is 0 Å². The number of benzene rings is 1. The standard InChI is InChI=1S/C27H38O4/c1-18(2)15-24(29)25(30)20(4)11-7-9-19(3)10-8-13-27(6)14-12-22-17-23(28)16-21(5)26(22)31-27/h10-11,15-17,24,28-29H,7-9,12-14H2,1-6H3/b19-10+,20-11+/t24-,27-/m1/s1. The molecule has 170 valence electrons. The molecule has 2 N–H and O–H groups in total. The zero-order valence-electron chi connectivity index (χ0n) is 19.9. The third kappa shape index (κ3) is 7.39. The van der Waals surface area contributed by atoms with Crippen molar-refractivity contribution in [3.05, 3.63) is 58.2 Å². The molecule has 1 heterocycles. The molecule has 1 aromatic carbocycles. The Balaban J connectivity index is 1.85. The number of Topliss-reactive ketones (excluding diaryl/α,β-unsaturated/α-hetero) is 1. The first-order valence-corrected chi connectivity index (χ1v) is 11.2. The van der Waals surface area contributed by atoms with Crippen LogP contribution in [0.5, 0.6) is 11.5 Å². The van der Waals surface area contributed by atoms with E-state index in [9.17, 15) is 15.0 Å². The zero-order chi connectivity index (χ0) is 23.2. The minimum atomic E-state index is -1.05. The van der Waals surface area contributed by atoms with Gasteiger partial charge in [0.05, 0.1) is 0 Å². The van der Waals surface area contributed by atoms with E-state index in [1.807, 2.05) is 32.9 Å². The number of hydrogen-bond acceptors (Lipinski definition) is 4. The fraction of sp³-hybridized carbons (Fsp3) is 0.519. The van der Waals surface area contributed by atoms with Gasteiger partial charge in [0.15, 0.2) is 5.78 Å². The van der Waals surface area contributed by atoms with Gasteiger partial charge in [-0.15, -0.1) is 0 Å². The van der Waals surface area contributed by atoms with Crippen molar-refractivity contribution in [3.8, 4) is 11.5 Å². The minimum absolute atomic E-state index is 0.199. The summed E-state index contributed by atoms with van der Waals surface area (Å²) in [6.07, 6.45) is 10.1. The number of aliphatic hydroxyl groups is 1. The summed E-state index contributed by atoms with van der Waals surface area (Å²) in [5, 5.41) is 19.7. The van der Waals surface area contributed by atoms with E-state index < -0.39 is 6.10 Å². The van der Waals surface area contributed by atoms with Crippen LogP contribution in [0, 0.1) is 6.92 Å². The van der Waals surface area contributed by atoms with Crippen molar-refractivity contribution in [1.82, 2.24) is 0 Å². The summed E-state index contributed by atoms with van der Waals surface area (Å²) in [7, 11) is 0. The Morgan fingerprint density at radius 2 is 1.90 bits per heavy atom. The van der Waals surface area contributed by atoms with E-state index in [1.165, 1.54) is 5.57 Å². The number of rotatable bonds is 9. The molecule has 0 spiro atoms. The van der Waals surface area contributed by atoms with Gasteiger partial charge in [-0.3, -0.25) is 4.79 Å². The molecule has 1 aromatic rings. The Kier molecular flexibility index (Phi) is 8.69. The van der Waals surface area contributed by atoms with Gasteiger partial charge < -0.3 is 14.9 Å². The van der Waals surface area contributed by atoms with Crippen molar-refractivity contribution >= 4 is 5.78 Å². The van der Waals surface area contributed by atoms with Crippen LogP contribution in [0.2, 0.25) is 0 Å². The molecule has 4 heteroatoms. The summed E-state index contributed by atoms with van der Waals surface area (Å²) in [5.74, 6) is 1.00. The van der Waals surface area contributed by atoms with Crippen LogP contribution in [-0.4, -0.2) is 27.7 Å². The molecule has 2 atom stereocenters. The number of allylic oxidation sites excluding steroid dienone is 4. The summed E-state index contributed by atoms with van der Waals surface area (Å²) in [5.41, 5.74) is 4.71. The summed E-state index contributed by atoms with van der Waals surface area (Å²) < 4.78 is 6.36. The van der Waals surface area contributed by atoms with E-state index in [0.29, 0.717) is 11.3 Å². The average Bonchev–Trinajstić information content (AvgIpc) is 2.67. The van der Waals surface area contributed by atoms with E-state index in [0.717, 1.165) is 61.0 Å². The lowest BCUT2D eigenvalue weighted by Gasteiger charge is -2.36. The normalized spacial score (nSPS) is 20.0. The molecule has 0 aliphatic carbocycles. The van der Waals surface area contributed by atoms with Crippen molar-refractivity contribution in [3.63, 3.8) is 0 Å². The first kappa shape index (κ1) is 24.9. The molecule has 1 aliphatic heterocycles. The van der Waals surface area contributed by atoms with E-state index in [4.69, 9.17) is 4.74 Å². The molecule has 0 amide bonds. The van der Waals surface area contributed by atoms with Crippen LogP contribution < -0.4 is 4.74 Å². The van der Waals surface area contributed by atoms with Crippen molar-refractivity contribution in [2.75, 3.05) is 0 Å². The van der Waals surface area contributed by atoms with Gasteiger partial charge in [-0.2, -0.15) is 0 Å². The highest BCUT2D eigenvalue weighted by atomic mass is 16.5. The molecule has 0 bridgehead atoms. The van der Waals surface area contributed by atoms with Crippen LogP contribution in [0.25, 0.3) is 0 Å². The fourth-order valence-electron chi connectivity index (χ4n) is 4.00. The first-order chi connectivity index (χ1) is 14.5. The second kappa shape index (κ2) is 10.8. The molecule has 2 rings (SSSR count). The number of aryl methyl sites for hydroxylation is 2. The van der Waals surface area contributed by atoms with Crippen LogP contribution in [0.4, 0.5) is 0 Å². The monoisotopic (exact) mass is 426 g/mol. The Morgan fingerprint density at radius 3 is 2.58 bits per heavy atom. The van der Waals surface area contributed by atoms with Crippen molar-refractivity contribution in [1.29, 1.82) is 0 Å². The number of ketones is 1. The Hall–Kier alpha value is -2.33. The first-order valence-electron chi connectivity index (χ1n) is 11.2. The fourth-order valence-corrected chi connectivity index (χ4v) is 4.00. The van der Waals surface area contributed by atoms with E-state index >= 15 is 0 Å². The molecule has 0 aromatic heterocycles. The number of phenolic OH excluding ortho intramolecular Hbond substituents is 1. The Bertz CT molecular complexity index is 887. The molecule has 31 heavy (non-hydrogen) atoms. The smallest absolute Gasteiger partial charge is 0.190 e. The SMILES string of the molecule is CC(C)=C[C@@H](O)C(=O)/C(C)=C/CC/C(C)=C/CC[C@]1(C)CCc2cc(O)cc(C)c2O1. The van der Waals surface area contributed by atoms with Crippen molar-refractivity contribution < 1.29 is 19.7 Å². The number of ether oxygens (including phenoxy) is 1. The number of hydrogen-bond donors (Lipinski definition) is 2. The third-order valence-electron chi connectivity index (χ3n) is 5.91. The van der Waals surface area contributed by atoms with E-state index in [-0.39, 0.29) is 11.4 Å². The third-order valence-corrected chi connectivity index (χ3v) is 5.91. The topological polar surface area (TPSA) is 66.8 Å². The molecule has 1 aliphatic rings. The molecular weight excluding hydrogens is 388 g/mol. The maximum atomic E-state index is 12.2. The minimum Gasteiger partial charge on any atom is -0.508 e. The summed E-state index contributed by atoms with van der Waals surface area (Å²) in [4.78, 5) is 12.2. The van der Waals surface area contributed by atoms with Gasteiger partial charge in [-0.05, 0) is 115 Å². The number of carbonyl (C=O) groups is 1. The van der Waals surface area contributed by atoms with Crippen LogP contribution in [0.1, 0.15) is 77.8 Å². The van der Waals surface area contributed by atoms with Gasteiger partial charge in [0.1, 0.15) is 23.2 Å². The molecule has 0 saturated carbocycles. The van der Waals surface area contributed by atoms with Crippen molar-refractivity contribution in [2.24, 2.45) is 0 Å². The quantitative estimate of drug-likeness (QED) is 0.368. The van der Waals surface area contributed by atoms with E-state index in [2.05, 4.69) is 19.9 Å². The molecule has 4 nitrogen and oxygen atoms in total. The van der Waals surface area contributed by atoms with Crippen LogP contribution in [0.15, 0.2) is 47.1 Å². The molecule has 0 radical (unpaired) electrons. The number of aromatic hydroxyl groups is 1. The Morgan fingerprint density at radius 1 is 1.19 bits per heavy atom. The molecular formula is C27H38O4. The highest BCUT2D eigenvalue weighted by molar-refractivity contribution is 5.99. The number of fused-ring (bicyclic) bond motifs is 1. The van der Waals surface area contributed by atoms with Crippen LogP contribution in [0.3, 0.4) is 0 Å². The number of carbonyl (C=O) groups excluding carboxylic acids is 1. The van der Waals surface area contributed by atoms with Crippen LogP contribution in [-0.2, 0) is 11.2 Å². The average molecular weight is 427 g/mol. The number of aliphatic hydroxyl groups excluding tert-OH is 1. The summed E-state index contributed by atoms with van der Waals surface area (Å²) in [6.45, 7) is 11.8. The van der Waals surface area contributed by atoms with Gasteiger partial charge in [-0.1, -0.05) is 23.3 Å². The van der Waals surface area contributed by atoms with Crippen molar-refractivity contribution in [2.45, 2.75) is 91.8 Å². The largest absolute Gasteiger partial charge is 0.508 e. The Labute approximate surface area is 187 Å². The second-order valence-electron chi connectivity index (χ2n) is 9.37. The lowest BCUT2D eigenvalue weighted by molar-refractivity contribution is -0.121. The predicted octanol–water partition coefficient (Wildman–Crippen LogP) is 6.13. The summed E-state index contributed by atoms with van der Waals surface area (Å²) in [6, 6.07) is 3.57. The van der Waals surface area contributed by atoms with E-state index in [1.54, 1.807) is 19.1 Å². The molecule has 0 unspecified atom stereocenters. The second-order valence-corrected chi connectivity index (χ2v) is 9.37.